The summed E-state index contributed by atoms with van der Waals surface area (Å²) in [4.78, 5) is 14.2. The molecule has 4 heteroatoms. The lowest BCUT2D eigenvalue weighted by Gasteiger charge is -2.30. The highest BCUT2D eigenvalue weighted by Crippen LogP contribution is 2.21. The second-order valence-corrected chi connectivity index (χ2v) is 6.18. The van der Waals surface area contributed by atoms with Crippen LogP contribution in [0.4, 0.5) is 5.69 Å². The second kappa shape index (κ2) is 7.06. The maximum absolute atomic E-state index is 12.0. The number of amides is 1. The smallest absolute Gasteiger partial charge is 0.238 e. The van der Waals surface area contributed by atoms with E-state index in [0.29, 0.717) is 12.6 Å². The first-order valence-corrected chi connectivity index (χ1v) is 7.70. The molecule has 0 aromatic heterocycles. The zero-order valence-electron chi connectivity index (χ0n) is 11.4. The Hall–Kier alpha value is -0.870. The van der Waals surface area contributed by atoms with E-state index in [0.717, 1.165) is 10.2 Å². The van der Waals surface area contributed by atoms with Crippen LogP contribution in [0.5, 0.6) is 0 Å². The Balaban J connectivity index is 1.81. The summed E-state index contributed by atoms with van der Waals surface area (Å²) in [5.74, 6) is 0.0652. The molecule has 1 N–H and O–H groups in total. The molecule has 0 unspecified atom stereocenters. The molecule has 1 aromatic carbocycles. The molecule has 1 aliphatic carbocycles. The van der Waals surface area contributed by atoms with Gasteiger partial charge in [0, 0.05) is 16.2 Å². The number of likely N-dealkylation sites (N-methyl/N-ethyl adjacent to an activating group) is 1. The van der Waals surface area contributed by atoms with E-state index < -0.39 is 0 Å². The van der Waals surface area contributed by atoms with E-state index in [1.165, 1.54) is 32.1 Å². The van der Waals surface area contributed by atoms with Crippen molar-refractivity contribution in [3.63, 3.8) is 0 Å². The van der Waals surface area contributed by atoms with Crippen molar-refractivity contribution in [2.24, 2.45) is 0 Å². The van der Waals surface area contributed by atoms with Crippen molar-refractivity contribution in [2.45, 2.75) is 38.1 Å². The van der Waals surface area contributed by atoms with Crippen molar-refractivity contribution in [1.82, 2.24) is 4.90 Å². The van der Waals surface area contributed by atoms with E-state index in [4.69, 9.17) is 0 Å². The number of anilines is 1. The van der Waals surface area contributed by atoms with Crippen LogP contribution in [-0.4, -0.2) is 30.4 Å². The quantitative estimate of drug-likeness (QED) is 0.916. The molecule has 0 radical (unpaired) electrons. The van der Waals surface area contributed by atoms with Gasteiger partial charge in [-0.3, -0.25) is 9.69 Å². The predicted octanol–water partition coefficient (Wildman–Crippen LogP) is 3.65. The van der Waals surface area contributed by atoms with Crippen LogP contribution < -0.4 is 5.32 Å². The van der Waals surface area contributed by atoms with Crippen LogP contribution in [0.25, 0.3) is 0 Å². The van der Waals surface area contributed by atoms with Gasteiger partial charge in [-0.1, -0.05) is 35.2 Å². The molecule has 0 spiro atoms. The molecule has 1 saturated carbocycles. The Morgan fingerprint density at radius 3 is 2.53 bits per heavy atom. The lowest BCUT2D eigenvalue weighted by molar-refractivity contribution is -0.117. The number of halogens is 1. The van der Waals surface area contributed by atoms with E-state index in [1.807, 2.05) is 24.3 Å². The van der Waals surface area contributed by atoms with Crippen LogP contribution in [-0.2, 0) is 4.79 Å². The van der Waals surface area contributed by atoms with Crippen molar-refractivity contribution in [2.75, 3.05) is 18.9 Å². The van der Waals surface area contributed by atoms with E-state index in [-0.39, 0.29) is 5.91 Å². The molecule has 19 heavy (non-hydrogen) atoms. The first kappa shape index (κ1) is 14.5. The summed E-state index contributed by atoms with van der Waals surface area (Å²) >= 11 is 3.38. The Labute approximate surface area is 123 Å². The van der Waals surface area contributed by atoms with Crippen molar-refractivity contribution in [3.05, 3.63) is 28.7 Å². The number of rotatable bonds is 4. The number of nitrogens with one attached hydrogen (secondary N) is 1. The Bertz CT molecular complexity index is 413. The molecule has 1 amide bonds. The minimum atomic E-state index is 0.0652. The summed E-state index contributed by atoms with van der Waals surface area (Å²) in [6, 6.07) is 8.25. The Kier molecular flexibility index (Phi) is 5.40. The SMILES string of the molecule is CN(CC(=O)Nc1ccc(Br)cc1)C1CCCCC1. The van der Waals surface area contributed by atoms with Gasteiger partial charge in [-0.15, -0.1) is 0 Å². The third-order valence-corrected chi connectivity index (χ3v) is 4.25. The summed E-state index contributed by atoms with van der Waals surface area (Å²) in [7, 11) is 2.05. The highest BCUT2D eigenvalue weighted by molar-refractivity contribution is 9.10. The third-order valence-electron chi connectivity index (χ3n) is 3.72. The minimum absolute atomic E-state index is 0.0652. The molecule has 0 atom stereocenters. The van der Waals surface area contributed by atoms with Crippen LogP contribution in [0.15, 0.2) is 28.7 Å². The average Bonchev–Trinajstić information content (AvgIpc) is 2.42. The zero-order chi connectivity index (χ0) is 13.7. The van der Waals surface area contributed by atoms with Gasteiger partial charge in [-0.2, -0.15) is 0 Å². The molecule has 0 bridgehead atoms. The summed E-state index contributed by atoms with van der Waals surface area (Å²) in [5.41, 5.74) is 0.852. The Morgan fingerprint density at radius 1 is 1.26 bits per heavy atom. The summed E-state index contributed by atoms with van der Waals surface area (Å²) < 4.78 is 1.02. The fourth-order valence-electron chi connectivity index (χ4n) is 2.61. The van der Waals surface area contributed by atoms with Gasteiger partial charge >= 0.3 is 0 Å². The minimum Gasteiger partial charge on any atom is -0.325 e. The van der Waals surface area contributed by atoms with Crippen molar-refractivity contribution < 1.29 is 4.79 Å². The Morgan fingerprint density at radius 2 is 1.89 bits per heavy atom. The number of carbonyl (C=O) groups excluding carboxylic acids is 1. The number of carbonyl (C=O) groups is 1. The van der Waals surface area contributed by atoms with Crippen LogP contribution in [0.2, 0.25) is 0 Å². The van der Waals surface area contributed by atoms with Crippen LogP contribution in [0.3, 0.4) is 0 Å². The molecular formula is C15H21BrN2O. The molecular weight excluding hydrogens is 304 g/mol. The van der Waals surface area contributed by atoms with Crippen molar-refractivity contribution in [3.8, 4) is 0 Å². The molecule has 2 rings (SSSR count). The molecule has 1 aliphatic rings. The monoisotopic (exact) mass is 324 g/mol. The van der Waals surface area contributed by atoms with Gasteiger partial charge in [0.25, 0.3) is 0 Å². The first-order valence-electron chi connectivity index (χ1n) is 6.91. The number of hydrogen-bond donors (Lipinski definition) is 1. The van der Waals surface area contributed by atoms with Gasteiger partial charge in [-0.25, -0.2) is 0 Å². The number of hydrogen-bond acceptors (Lipinski definition) is 2. The van der Waals surface area contributed by atoms with Gasteiger partial charge in [0.05, 0.1) is 6.54 Å². The fraction of sp³-hybridized carbons (Fsp3) is 0.533. The highest BCUT2D eigenvalue weighted by Gasteiger charge is 2.19. The van der Waals surface area contributed by atoms with Crippen LogP contribution in [0.1, 0.15) is 32.1 Å². The summed E-state index contributed by atoms with van der Waals surface area (Å²) in [5, 5.41) is 2.94. The lowest BCUT2D eigenvalue weighted by atomic mass is 9.94. The van der Waals surface area contributed by atoms with E-state index in [1.54, 1.807) is 0 Å². The predicted molar refractivity (Wildman–Crippen MR) is 82.3 cm³/mol. The molecule has 3 nitrogen and oxygen atoms in total. The van der Waals surface area contributed by atoms with Gasteiger partial charge < -0.3 is 5.32 Å². The molecule has 1 aromatic rings. The second-order valence-electron chi connectivity index (χ2n) is 5.26. The van der Waals surface area contributed by atoms with E-state index in [2.05, 4.69) is 33.2 Å². The van der Waals surface area contributed by atoms with Crippen molar-refractivity contribution in [1.29, 1.82) is 0 Å². The van der Waals surface area contributed by atoms with Crippen molar-refractivity contribution >= 4 is 27.5 Å². The average molecular weight is 325 g/mol. The van der Waals surface area contributed by atoms with Crippen LogP contribution >= 0.6 is 15.9 Å². The van der Waals surface area contributed by atoms with E-state index in [9.17, 15) is 4.79 Å². The lowest BCUT2D eigenvalue weighted by Crippen LogP contribution is -2.39. The van der Waals surface area contributed by atoms with Gasteiger partial charge in [-0.05, 0) is 44.2 Å². The summed E-state index contributed by atoms with van der Waals surface area (Å²) in [6.45, 7) is 0.473. The standard InChI is InChI=1S/C15H21BrN2O/c1-18(14-5-3-2-4-6-14)11-15(19)17-13-9-7-12(16)8-10-13/h7-10,14H,2-6,11H2,1H3,(H,17,19). The fourth-order valence-corrected chi connectivity index (χ4v) is 2.88. The van der Waals surface area contributed by atoms with E-state index >= 15 is 0 Å². The van der Waals surface area contributed by atoms with Crippen LogP contribution in [0, 0.1) is 0 Å². The van der Waals surface area contributed by atoms with Gasteiger partial charge in [0.1, 0.15) is 0 Å². The molecule has 1 fully saturated rings. The molecule has 0 heterocycles. The zero-order valence-corrected chi connectivity index (χ0v) is 12.9. The van der Waals surface area contributed by atoms with Gasteiger partial charge in [0.15, 0.2) is 0 Å². The largest absolute Gasteiger partial charge is 0.325 e. The molecule has 0 saturated heterocycles. The number of nitrogens with zero attached hydrogens (tertiary/aromatic N) is 1. The summed E-state index contributed by atoms with van der Waals surface area (Å²) in [6.07, 6.45) is 6.38. The highest BCUT2D eigenvalue weighted by atomic mass is 79.9. The first-order chi connectivity index (χ1) is 9.15. The third kappa shape index (κ3) is 4.62. The molecule has 0 aliphatic heterocycles. The number of benzene rings is 1. The maximum Gasteiger partial charge on any atom is 0.238 e. The van der Waals surface area contributed by atoms with Gasteiger partial charge in [0.2, 0.25) is 5.91 Å². The topological polar surface area (TPSA) is 32.3 Å². The maximum atomic E-state index is 12.0. The normalized spacial score (nSPS) is 16.6. The molecule has 104 valence electrons.